The summed E-state index contributed by atoms with van der Waals surface area (Å²) >= 11 is 5.94. The monoisotopic (exact) mass is 328 g/mol. The van der Waals surface area contributed by atoms with Crippen molar-refractivity contribution in [1.29, 1.82) is 0 Å². The van der Waals surface area contributed by atoms with Crippen molar-refractivity contribution in [2.45, 2.75) is 31.0 Å². The Morgan fingerprint density at radius 2 is 2.24 bits per heavy atom. The summed E-state index contributed by atoms with van der Waals surface area (Å²) in [6, 6.07) is 4.22. The second-order valence-electron chi connectivity index (χ2n) is 4.74. The zero-order valence-corrected chi connectivity index (χ0v) is 13.1. The van der Waals surface area contributed by atoms with E-state index < -0.39 is 10.0 Å². The van der Waals surface area contributed by atoms with E-state index in [-0.39, 0.29) is 17.5 Å². The first kappa shape index (κ1) is 16.0. The highest BCUT2D eigenvalue weighted by Crippen LogP contribution is 2.20. The van der Waals surface area contributed by atoms with Crippen LogP contribution in [0.15, 0.2) is 41.8 Å². The van der Waals surface area contributed by atoms with Gasteiger partial charge in [-0.05, 0) is 30.7 Å². The Labute approximate surface area is 129 Å². The number of benzene rings is 1. The molecule has 3 N–H and O–H groups in total. The Hall–Kier alpha value is -1.41. The molecule has 114 valence electrons. The Balaban J connectivity index is 2.14. The molecule has 0 aliphatic heterocycles. The molecule has 0 saturated heterocycles. The Kier molecular flexibility index (Phi) is 5.00. The molecule has 1 unspecified atom stereocenters. The third-order valence-corrected chi connectivity index (χ3v) is 4.90. The summed E-state index contributed by atoms with van der Waals surface area (Å²) in [5, 5.41) is 0.461. The molecule has 0 aliphatic carbocycles. The van der Waals surface area contributed by atoms with Crippen LogP contribution in [0.1, 0.15) is 12.5 Å². The lowest BCUT2D eigenvalue weighted by atomic mass is 10.2. The molecule has 1 aromatic carbocycles. The molecule has 0 radical (unpaired) electrons. The first-order chi connectivity index (χ1) is 9.92. The summed E-state index contributed by atoms with van der Waals surface area (Å²) in [5.74, 6) is 0. The summed E-state index contributed by atoms with van der Waals surface area (Å²) in [6.07, 6.45) is 5.06. The number of halogens is 1. The van der Waals surface area contributed by atoms with E-state index in [9.17, 15) is 8.42 Å². The van der Waals surface area contributed by atoms with E-state index in [4.69, 9.17) is 17.3 Å². The minimum atomic E-state index is -3.61. The van der Waals surface area contributed by atoms with Crippen LogP contribution in [0.5, 0.6) is 0 Å². The highest BCUT2D eigenvalue weighted by atomic mass is 35.5. The van der Waals surface area contributed by atoms with E-state index in [0.29, 0.717) is 17.1 Å². The maximum absolute atomic E-state index is 12.3. The molecule has 8 heteroatoms. The first-order valence-corrected chi connectivity index (χ1v) is 8.25. The van der Waals surface area contributed by atoms with E-state index in [1.807, 2.05) is 0 Å². The normalized spacial score (nSPS) is 13.3. The Bertz CT molecular complexity index is 701. The topological polar surface area (TPSA) is 90.0 Å². The van der Waals surface area contributed by atoms with Crippen molar-refractivity contribution < 1.29 is 8.42 Å². The van der Waals surface area contributed by atoms with Crippen molar-refractivity contribution in [1.82, 2.24) is 14.3 Å². The number of sulfonamides is 1. The summed E-state index contributed by atoms with van der Waals surface area (Å²) in [5.41, 5.74) is 6.14. The summed E-state index contributed by atoms with van der Waals surface area (Å²) < 4.78 is 29.1. The van der Waals surface area contributed by atoms with Gasteiger partial charge in [-0.1, -0.05) is 11.6 Å². The molecule has 2 aromatic rings. The molecule has 0 spiro atoms. The number of nitrogens with one attached hydrogen (secondary N) is 1. The third-order valence-electron chi connectivity index (χ3n) is 2.95. The van der Waals surface area contributed by atoms with Gasteiger partial charge in [-0.25, -0.2) is 18.1 Å². The summed E-state index contributed by atoms with van der Waals surface area (Å²) in [7, 11) is -3.61. The minimum Gasteiger partial charge on any atom is -0.336 e. The second kappa shape index (κ2) is 6.57. The van der Waals surface area contributed by atoms with Crippen LogP contribution in [0.3, 0.4) is 0 Å². The van der Waals surface area contributed by atoms with Gasteiger partial charge < -0.3 is 10.3 Å². The Morgan fingerprint density at radius 3 is 2.86 bits per heavy atom. The van der Waals surface area contributed by atoms with E-state index in [1.165, 1.54) is 12.1 Å². The summed E-state index contributed by atoms with van der Waals surface area (Å²) in [6.45, 7) is 2.47. The smallest absolute Gasteiger partial charge is 0.240 e. The number of nitrogens with zero attached hydrogens (tertiary/aromatic N) is 2. The number of hydrogen-bond acceptors (Lipinski definition) is 4. The van der Waals surface area contributed by atoms with Gasteiger partial charge in [0.2, 0.25) is 10.0 Å². The van der Waals surface area contributed by atoms with E-state index in [0.717, 1.165) is 0 Å². The lowest BCUT2D eigenvalue weighted by Gasteiger charge is -2.15. The average Bonchev–Trinajstić information content (AvgIpc) is 2.91. The van der Waals surface area contributed by atoms with Gasteiger partial charge in [0.05, 0.1) is 11.2 Å². The molecule has 6 nitrogen and oxygen atoms in total. The van der Waals surface area contributed by atoms with Crippen molar-refractivity contribution in [3.8, 4) is 0 Å². The van der Waals surface area contributed by atoms with Crippen LogP contribution in [0.2, 0.25) is 5.02 Å². The van der Waals surface area contributed by atoms with Crippen LogP contribution in [-0.4, -0.2) is 24.0 Å². The van der Waals surface area contributed by atoms with Gasteiger partial charge in [-0.2, -0.15) is 0 Å². The van der Waals surface area contributed by atoms with Gasteiger partial charge in [0.25, 0.3) is 0 Å². The average molecular weight is 329 g/mol. The second-order valence-corrected chi connectivity index (χ2v) is 6.86. The van der Waals surface area contributed by atoms with Crippen molar-refractivity contribution >= 4 is 21.6 Å². The van der Waals surface area contributed by atoms with E-state index >= 15 is 0 Å². The molecular weight excluding hydrogens is 312 g/mol. The quantitative estimate of drug-likeness (QED) is 0.837. The van der Waals surface area contributed by atoms with Crippen LogP contribution in [0, 0.1) is 0 Å². The molecular formula is C13H17ClN4O2S. The fourth-order valence-electron chi connectivity index (χ4n) is 1.96. The number of aromatic nitrogens is 2. The van der Waals surface area contributed by atoms with Crippen LogP contribution in [0.4, 0.5) is 0 Å². The molecule has 0 fully saturated rings. The lowest BCUT2D eigenvalue weighted by Crippen LogP contribution is -2.35. The predicted octanol–water partition coefficient (Wildman–Crippen LogP) is 1.36. The third kappa shape index (κ3) is 4.04. The van der Waals surface area contributed by atoms with E-state index in [1.54, 1.807) is 36.3 Å². The van der Waals surface area contributed by atoms with Gasteiger partial charge in [-0.15, -0.1) is 0 Å². The van der Waals surface area contributed by atoms with Crippen molar-refractivity contribution in [2.75, 3.05) is 0 Å². The number of imidazole rings is 1. The molecule has 1 heterocycles. The largest absolute Gasteiger partial charge is 0.336 e. The number of hydrogen-bond donors (Lipinski definition) is 2. The van der Waals surface area contributed by atoms with Gasteiger partial charge >= 0.3 is 0 Å². The fourth-order valence-corrected chi connectivity index (χ4v) is 3.44. The number of nitrogens with two attached hydrogens (primary N) is 1. The van der Waals surface area contributed by atoms with E-state index in [2.05, 4.69) is 9.71 Å². The SMILES string of the molecule is CC(Cn1ccnc1)NS(=O)(=O)c1ccc(Cl)c(CN)c1. The molecule has 0 amide bonds. The molecule has 0 aliphatic rings. The number of rotatable bonds is 6. The Morgan fingerprint density at radius 1 is 1.48 bits per heavy atom. The van der Waals surface area contributed by atoms with Gasteiger partial charge in [0, 0.05) is 36.5 Å². The zero-order chi connectivity index (χ0) is 15.5. The van der Waals surface area contributed by atoms with Gasteiger partial charge in [0.15, 0.2) is 0 Å². The lowest BCUT2D eigenvalue weighted by molar-refractivity contribution is 0.520. The highest BCUT2D eigenvalue weighted by molar-refractivity contribution is 7.89. The molecule has 2 rings (SSSR count). The maximum Gasteiger partial charge on any atom is 0.240 e. The van der Waals surface area contributed by atoms with Crippen LogP contribution < -0.4 is 10.5 Å². The minimum absolute atomic E-state index is 0.157. The molecule has 1 atom stereocenters. The van der Waals surface area contributed by atoms with Crippen LogP contribution in [0.25, 0.3) is 0 Å². The summed E-state index contributed by atoms with van der Waals surface area (Å²) in [4.78, 5) is 4.08. The van der Waals surface area contributed by atoms with Crippen LogP contribution in [-0.2, 0) is 23.1 Å². The molecule has 21 heavy (non-hydrogen) atoms. The van der Waals surface area contributed by atoms with Crippen molar-refractivity contribution in [3.63, 3.8) is 0 Å². The van der Waals surface area contributed by atoms with Gasteiger partial charge in [0.1, 0.15) is 0 Å². The van der Waals surface area contributed by atoms with Crippen molar-refractivity contribution in [3.05, 3.63) is 47.5 Å². The zero-order valence-electron chi connectivity index (χ0n) is 11.5. The van der Waals surface area contributed by atoms with Crippen molar-refractivity contribution in [2.24, 2.45) is 5.73 Å². The molecule has 0 bridgehead atoms. The maximum atomic E-state index is 12.3. The fraction of sp³-hybridized carbons (Fsp3) is 0.308. The standard InChI is InChI=1S/C13H17ClN4O2S/c1-10(8-18-5-4-16-9-18)17-21(19,20)12-2-3-13(14)11(6-12)7-15/h2-6,9-10,17H,7-8,15H2,1H3. The highest BCUT2D eigenvalue weighted by Gasteiger charge is 2.18. The predicted molar refractivity (Wildman–Crippen MR) is 81.4 cm³/mol. The first-order valence-electron chi connectivity index (χ1n) is 6.39. The van der Waals surface area contributed by atoms with Gasteiger partial charge in [-0.3, -0.25) is 0 Å². The molecule has 0 saturated carbocycles. The van der Waals surface area contributed by atoms with Crippen LogP contribution >= 0.6 is 11.6 Å². The molecule has 1 aromatic heterocycles.